The molecule has 1 saturated carbocycles. The number of methoxy groups -OCH3 is 1. The van der Waals surface area contributed by atoms with Gasteiger partial charge in [-0.1, -0.05) is 75.4 Å². The lowest BCUT2D eigenvalue weighted by Gasteiger charge is -2.36. The van der Waals surface area contributed by atoms with E-state index in [9.17, 15) is 22.8 Å². The minimum absolute atomic E-state index is 0.00995. The zero-order valence-electron chi connectivity index (χ0n) is 39.0. The molecule has 2 amide bonds. The highest BCUT2D eigenvalue weighted by Crippen LogP contribution is 2.46. The number of carbonyl (C=O) groups excluding carboxylic acids is 4. The van der Waals surface area contributed by atoms with Gasteiger partial charge in [-0.3, -0.25) is 19.2 Å². The Bertz CT molecular complexity index is 2520. The lowest BCUT2D eigenvalue weighted by atomic mass is 9.99. The van der Waals surface area contributed by atoms with Crippen molar-refractivity contribution in [2.24, 2.45) is 11.8 Å². The molecule has 0 radical (unpaired) electrons. The summed E-state index contributed by atoms with van der Waals surface area (Å²) in [6.45, 7) is 19.9. The Kier molecular flexibility index (Phi) is 14.5. The molecule has 1 aliphatic carbocycles. The molecule has 1 aromatic heterocycles. The van der Waals surface area contributed by atoms with E-state index >= 15 is 4.79 Å². The van der Waals surface area contributed by atoms with E-state index in [1.165, 1.54) is 23.1 Å². The molecular formula is C50H63N3O10SSi. The van der Waals surface area contributed by atoms with Crippen LogP contribution in [-0.2, 0) is 38.2 Å². The lowest BCUT2D eigenvalue weighted by Crippen LogP contribution is -2.54. The minimum Gasteiger partial charge on any atom is -0.497 e. The van der Waals surface area contributed by atoms with Crippen molar-refractivity contribution in [2.75, 3.05) is 26.0 Å². The summed E-state index contributed by atoms with van der Waals surface area (Å²) in [5, 5.41) is 3.48. The summed E-state index contributed by atoms with van der Waals surface area (Å²) in [5.41, 5.74) is -0.274. The molecule has 2 heterocycles. The molecule has 3 aromatic carbocycles. The normalized spacial score (nSPS) is 20.4. The standard InChI is InChI=1S/C50H63N3O10SSi/c1-11-35-30-50(35,44(54)32-64(58,59)38-20-16-13-17-21-38)52-46(56)42-28-37(62-43-29-40(33-18-14-12-15-19-33)51-41-27-36(60-8)22-23-39(41)43)31-53(42)47(57)34(26-45(55)63-48(2,3)4)24-25-61-65(9,10)49(5,6)7/h11-23,27,29,34-35,37,42H,1,24-26,28,30-32H2,2-10H3,(H,52,56)/t34-,35-,37?,42+,50-/m1/s1. The zero-order valence-corrected chi connectivity index (χ0v) is 40.8. The van der Waals surface area contributed by atoms with Crippen molar-refractivity contribution in [1.29, 1.82) is 0 Å². The fourth-order valence-corrected chi connectivity index (χ4v) is 10.3. The van der Waals surface area contributed by atoms with E-state index in [0.717, 1.165) is 5.56 Å². The van der Waals surface area contributed by atoms with Gasteiger partial charge in [0, 0.05) is 42.0 Å². The van der Waals surface area contributed by atoms with E-state index in [-0.39, 0.29) is 48.8 Å². The molecule has 0 bridgehead atoms. The number of fused-ring (bicyclic) bond motifs is 1. The fraction of sp³-hybridized carbons (Fsp3) is 0.460. The smallest absolute Gasteiger partial charge is 0.307 e. The van der Waals surface area contributed by atoms with Crippen molar-refractivity contribution < 1.29 is 46.2 Å². The van der Waals surface area contributed by atoms with Crippen molar-refractivity contribution in [3.8, 4) is 22.8 Å². The van der Waals surface area contributed by atoms with Crippen LogP contribution in [0, 0.1) is 11.8 Å². The second kappa shape index (κ2) is 19.2. The van der Waals surface area contributed by atoms with E-state index in [2.05, 4.69) is 45.8 Å². The SMILES string of the molecule is C=C[C@@H]1C[C@]1(NC(=O)[C@@H]1CC(Oc2cc(-c3ccccc3)nc3cc(OC)ccc23)CN1C(=O)[C@H](CCO[Si](C)(C)C(C)(C)C)CC(=O)OC(C)(C)C)C(=O)CS(=O)(=O)c1ccccc1. The Morgan fingerprint density at radius 1 is 0.969 bits per heavy atom. The van der Waals surface area contributed by atoms with E-state index < -0.39 is 82.6 Å². The second-order valence-electron chi connectivity index (χ2n) is 19.6. The van der Waals surface area contributed by atoms with Gasteiger partial charge in [-0.15, -0.1) is 6.58 Å². The van der Waals surface area contributed by atoms with Crippen LogP contribution < -0.4 is 14.8 Å². The number of ketones is 1. The Morgan fingerprint density at radius 2 is 1.63 bits per heavy atom. The third-order valence-corrected chi connectivity index (χ3v) is 18.8. The monoisotopic (exact) mass is 925 g/mol. The van der Waals surface area contributed by atoms with Crippen molar-refractivity contribution in [2.45, 2.75) is 114 Å². The maximum absolute atomic E-state index is 15.1. The number of benzene rings is 3. The molecule has 2 aliphatic rings. The number of ether oxygens (including phenoxy) is 3. The van der Waals surface area contributed by atoms with Crippen molar-refractivity contribution in [1.82, 2.24) is 15.2 Å². The highest BCUT2D eigenvalue weighted by Gasteiger charge is 2.61. The number of pyridine rings is 1. The predicted octanol–water partition coefficient (Wildman–Crippen LogP) is 8.12. The quantitative estimate of drug-likeness (QED) is 0.0582. The molecule has 1 N–H and O–H groups in total. The molecule has 0 spiro atoms. The Morgan fingerprint density at radius 3 is 2.23 bits per heavy atom. The van der Waals surface area contributed by atoms with Gasteiger partial charge in [0.15, 0.2) is 23.9 Å². The Hall–Kier alpha value is -5.38. The number of Topliss-reactive ketones (excluding diaryl/α,β-unsaturated/α-hetero) is 1. The highest BCUT2D eigenvalue weighted by atomic mass is 32.2. The third-order valence-electron chi connectivity index (χ3n) is 12.7. The molecule has 4 aromatic rings. The number of esters is 1. The zero-order chi connectivity index (χ0) is 47.5. The van der Waals surface area contributed by atoms with E-state index in [0.29, 0.717) is 28.1 Å². The number of amides is 2. The lowest BCUT2D eigenvalue weighted by molar-refractivity contribution is -0.159. The third kappa shape index (κ3) is 11.5. The molecule has 5 atom stereocenters. The van der Waals surface area contributed by atoms with Crippen molar-refractivity contribution in [3.05, 3.63) is 97.6 Å². The van der Waals surface area contributed by atoms with Crippen LogP contribution >= 0.6 is 0 Å². The van der Waals surface area contributed by atoms with Gasteiger partial charge in [0.1, 0.15) is 40.5 Å². The van der Waals surface area contributed by atoms with Crippen molar-refractivity contribution >= 4 is 52.6 Å². The summed E-state index contributed by atoms with van der Waals surface area (Å²) in [5.74, 6) is -3.61. The molecule has 6 rings (SSSR count). The van der Waals surface area contributed by atoms with Crippen LogP contribution in [0.25, 0.3) is 22.2 Å². The summed E-state index contributed by atoms with van der Waals surface area (Å²) in [6, 6.07) is 23.4. The van der Waals surface area contributed by atoms with Crippen LogP contribution in [0.4, 0.5) is 0 Å². The molecule has 65 heavy (non-hydrogen) atoms. The number of sulfone groups is 1. The van der Waals surface area contributed by atoms with Gasteiger partial charge >= 0.3 is 5.97 Å². The van der Waals surface area contributed by atoms with E-state index in [1.807, 2.05) is 48.5 Å². The number of aromatic nitrogens is 1. The average molecular weight is 926 g/mol. The van der Waals surface area contributed by atoms with E-state index in [4.69, 9.17) is 23.6 Å². The number of hydrogen-bond donors (Lipinski definition) is 1. The molecule has 348 valence electrons. The summed E-state index contributed by atoms with van der Waals surface area (Å²) in [4.78, 5) is 63.7. The molecule has 1 saturated heterocycles. The van der Waals surface area contributed by atoms with Crippen LogP contribution in [-0.4, -0.2) is 99.5 Å². The van der Waals surface area contributed by atoms with Crippen LogP contribution in [0.1, 0.15) is 67.2 Å². The Labute approximate surface area is 384 Å². The number of rotatable bonds is 18. The van der Waals surface area contributed by atoms with Gasteiger partial charge in [0.05, 0.1) is 42.1 Å². The molecule has 15 heteroatoms. The van der Waals surface area contributed by atoms with Gasteiger partial charge in [0.2, 0.25) is 11.8 Å². The summed E-state index contributed by atoms with van der Waals surface area (Å²) in [6.07, 6.45) is 0.871. The predicted molar refractivity (Wildman–Crippen MR) is 253 cm³/mol. The van der Waals surface area contributed by atoms with Gasteiger partial charge in [0.25, 0.3) is 0 Å². The summed E-state index contributed by atoms with van der Waals surface area (Å²) >= 11 is 0. The van der Waals surface area contributed by atoms with Crippen molar-refractivity contribution in [3.63, 3.8) is 0 Å². The van der Waals surface area contributed by atoms with Crippen LogP contribution in [0.15, 0.2) is 102 Å². The highest BCUT2D eigenvalue weighted by molar-refractivity contribution is 7.92. The summed E-state index contributed by atoms with van der Waals surface area (Å²) < 4.78 is 51.4. The Balaban J connectivity index is 1.36. The fourth-order valence-electron chi connectivity index (χ4n) is 7.94. The largest absolute Gasteiger partial charge is 0.497 e. The maximum atomic E-state index is 15.1. The van der Waals surface area contributed by atoms with Gasteiger partial charge in [-0.05, 0) is 76.0 Å². The molecule has 2 fully saturated rings. The van der Waals surface area contributed by atoms with Gasteiger partial charge in [-0.2, -0.15) is 0 Å². The first-order chi connectivity index (χ1) is 30.5. The number of nitrogens with one attached hydrogen (secondary N) is 1. The topological polar surface area (TPSA) is 168 Å². The number of nitrogens with zero attached hydrogens (tertiary/aromatic N) is 2. The first kappa shape index (κ1) is 49.1. The first-order valence-electron chi connectivity index (χ1n) is 22.1. The minimum atomic E-state index is -4.05. The summed E-state index contributed by atoms with van der Waals surface area (Å²) in [7, 11) is -4.74. The van der Waals surface area contributed by atoms with E-state index in [1.54, 1.807) is 52.1 Å². The number of hydrogen-bond acceptors (Lipinski definition) is 11. The number of carbonyl (C=O) groups is 4. The molecular weight excluding hydrogens is 863 g/mol. The van der Waals surface area contributed by atoms with Gasteiger partial charge in [-0.25, -0.2) is 13.4 Å². The second-order valence-corrected chi connectivity index (χ2v) is 26.4. The number of likely N-dealkylation sites (tertiary alicyclic amines) is 1. The van der Waals surface area contributed by atoms with Crippen LogP contribution in [0.2, 0.25) is 18.1 Å². The van der Waals surface area contributed by atoms with Crippen LogP contribution in [0.5, 0.6) is 11.5 Å². The maximum Gasteiger partial charge on any atom is 0.307 e. The van der Waals surface area contributed by atoms with Crippen LogP contribution in [0.3, 0.4) is 0 Å². The molecule has 1 aliphatic heterocycles. The first-order valence-corrected chi connectivity index (χ1v) is 26.7. The molecule has 13 nitrogen and oxygen atoms in total. The van der Waals surface area contributed by atoms with Gasteiger partial charge < -0.3 is 28.9 Å². The molecule has 1 unspecified atom stereocenters. The average Bonchev–Trinajstić information content (AvgIpc) is 3.80.